The van der Waals surface area contributed by atoms with Crippen molar-refractivity contribution in [2.75, 3.05) is 19.6 Å². The maximum absolute atomic E-state index is 12.6. The average Bonchev–Trinajstić information content (AvgIpc) is 2.90. The molecule has 136 valence electrons. The maximum atomic E-state index is 12.6. The van der Waals surface area contributed by atoms with E-state index >= 15 is 0 Å². The Morgan fingerprint density at radius 1 is 1.28 bits per heavy atom. The average molecular weight is 362 g/mol. The topological polar surface area (TPSA) is 46.1 Å². The van der Waals surface area contributed by atoms with Crippen molar-refractivity contribution in [2.24, 2.45) is 5.92 Å². The number of nitrogens with zero attached hydrogens (tertiary/aromatic N) is 1. The molecule has 1 aromatic carbocycles. The third kappa shape index (κ3) is 4.86. The number of amides is 1. The summed E-state index contributed by atoms with van der Waals surface area (Å²) in [6, 6.07) is 12.4. The van der Waals surface area contributed by atoms with Gasteiger partial charge in [0.05, 0.1) is 5.56 Å². The van der Waals surface area contributed by atoms with Gasteiger partial charge in [-0.05, 0) is 57.3 Å². The molecule has 1 aliphatic heterocycles. The highest BCUT2D eigenvalue weighted by molar-refractivity contribution is 5.95. The predicted octanol–water partition coefficient (Wildman–Crippen LogP) is 3.30. The molecule has 0 spiro atoms. The highest BCUT2D eigenvalue weighted by Crippen LogP contribution is 2.17. The van der Waals surface area contributed by atoms with Gasteiger partial charge in [0.1, 0.15) is 0 Å². The van der Waals surface area contributed by atoms with Gasteiger partial charge in [-0.1, -0.05) is 30.3 Å². The van der Waals surface area contributed by atoms with Crippen LogP contribution in [0.25, 0.3) is 0 Å². The van der Waals surface area contributed by atoms with Crippen molar-refractivity contribution in [1.82, 2.24) is 15.2 Å². The minimum Gasteiger partial charge on any atom is -0.352 e. The van der Waals surface area contributed by atoms with Gasteiger partial charge in [0.25, 0.3) is 5.91 Å². The van der Waals surface area contributed by atoms with Crippen molar-refractivity contribution in [1.29, 1.82) is 0 Å². The summed E-state index contributed by atoms with van der Waals surface area (Å²) in [5.74, 6) is 0.600. The van der Waals surface area contributed by atoms with Gasteiger partial charge in [-0.25, -0.2) is 0 Å². The Labute approximate surface area is 156 Å². The largest absolute Gasteiger partial charge is 0.352 e. The lowest BCUT2D eigenvalue weighted by molar-refractivity contribution is 0.0944. The standard InChI is InChI=1S/C20H27N3O.ClH/c1-15-11-19(20(24)22-13-18-9-6-10-21-12-18)16(2)23(15)14-17-7-4-3-5-8-17;/h3-5,7-8,11,18,21H,6,9-10,12-14H2,1-2H3,(H,22,24);1H. The molecule has 1 aliphatic rings. The molecule has 0 saturated carbocycles. The van der Waals surface area contributed by atoms with Gasteiger partial charge in [0.15, 0.2) is 0 Å². The molecule has 1 amide bonds. The van der Waals surface area contributed by atoms with Gasteiger partial charge in [0, 0.05) is 24.5 Å². The zero-order valence-corrected chi connectivity index (χ0v) is 15.9. The number of hydrogen-bond acceptors (Lipinski definition) is 2. The van der Waals surface area contributed by atoms with Crippen LogP contribution in [-0.4, -0.2) is 30.1 Å². The lowest BCUT2D eigenvalue weighted by Gasteiger charge is -2.22. The first-order chi connectivity index (χ1) is 11.6. The van der Waals surface area contributed by atoms with E-state index in [0.29, 0.717) is 5.92 Å². The van der Waals surface area contributed by atoms with Gasteiger partial charge >= 0.3 is 0 Å². The number of carbonyl (C=O) groups is 1. The van der Waals surface area contributed by atoms with Crippen LogP contribution in [0.15, 0.2) is 36.4 Å². The highest BCUT2D eigenvalue weighted by Gasteiger charge is 2.18. The van der Waals surface area contributed by atoms with Crippen LogP contribution >= 0.6 is 12.4 Å². The molecule has 2 N–H and O–H groups in total. The quantitative estimate of drug-likeness (QED) is 0.858. The Bertz CT molecular complexity index is 690. The van der Waals surface area contributed by atoms with Gasteiger partial charge < -0.3 is 15.2 Å². The van der Waals surface area contributed by atoms with E-state index < -0.39 is 0 Å². The number of aryl methyl sites for hydroxylation is 1. The van der Waals surface area contributed by atoms with Gasteiger partial charge in [-0.3, -0.25) is 4.79 Å². The van der Waals surface area contributed by atoms with Crippen LogP contribution < -0.4 is 10.6 Å². The first kappa shape index (κ1) is 19.5. The molecule has 1 aromatic heterocycles. The van der Waals surface area contributed by atoms with Crippen molar-refractivity contribution in [2.45, 2.75) is 33.2 Å². The summed E-state index contributed by atoms with van der Waals surface area (Å²) >= 11 is 0. The molecule has 1 unspecified atom stereocenters. The molecule has 1 atom stereocenters. The second-order valence-electron chi connectivity index (χ2n) is 6.78. The molecule has 2 aromatic rings. The number of halogens is 1. The summed E-state index contributed by atoms with van der Waals surface area (Å²) in [5, 5.41) is 6.52. The summed E-state index contributed by atoms with van der Waals surface area (Å²) in [6.07, 6.45) is 2.40. The Balaban J connectivity index is 0.00000225. The zero-order valence-electron chi connectivity index (χ0n) is 15.0. The highest BCUT2D eigenvalue weighted by atomic mass is 35.5. The minimum atomic E-state index is 0. The summed E-state index contributed by atoms with van der Waals surface area (Å²) in [7, 11) is 0. The predicted molar refractivity (Wildman–Crippen MR) is 105 cm³/mol. The molecule has 0 radical (unpaired) electrons. The number of hydrogen-bond donors (Lipinski definition) is 2. The van der Waals surface area contributed by atoms with Gasteiger partial charge in [-0.2, -0.15) is 0 Å². The first-order valence-corrected chi connectivity index (χ1v) is 8.84. The summed E-state index contributed by atoms with van der Waals surface area (Å²) in [5.41, 5.74) is 4.21. The van der Waals surface area contributed by atoms with E-state index in [2.05, 4.69) is 46.4 Å². The normalized spacial score (nSPS) is 17.0. The summed E-state index contributed by atoms with van der Waals surface area (Å²) in [6.45, 7) is 7.77. The minimum absolute atomic E-state index is 0. The maximum Gasteiger partial charge on any atom is 0.253 e. The molecular formula is C20H28ClN3O. The van der Waals surface area contributed by atoms with E-state index in [1.54, 1.807) is 0 Å². The van der Waals surface area contributed by atoms with Crippen LogP contribution in [0.2, 0.25) is 0 Å². The first-order valence-electron chi connectivity index (χ1n) is 8.84. The Morgan fingerprint density at radius 3 is 2.72 bits per heavy atom. The zero-order chi connectivity index (χ0) is 16.9. The lowest BCUT2D eigenvalue weighted by Crippen LogP contribution is -2.38. The van der Waals surface area contributed by atoms with Crippen molar-refractivity contribution in [3.05, 3.63) is 58.9 Å². The van der Waals surface area contributed by atoms with E-state index in [9.17, 15) is 4.79 Å². The van der Waals surface area contributed by atoms with Crippen molar-refractivity contribution < 1.29 is 4.79 Å². The monoisotopic (exact) mass is 361 g/mol. The lowest BCUT2D eigenvalue weighted by atomic mass is 10.00. The SMILES string of the molecule is Cc1cc(C(=O)NCC2CCCNC2)c(C)n1Cc1ccccc1.Cl. The Kier molecular flexibility index (Phi) is 7.09. The van der Waals surface area contributed by atoms with Crippen LogP contribution in [0.1, 0.15) is 40.2 Å². The third-order valence-electron chi connectivity index (χ3n) is 4.95. The van der Waals surface area contributed by atoms with Crippen molar-refractivity contribution in [3.8, 4) is 0 Å². The molecule has 1 saturated heterocycles. The number of piperidine rings is 1. The number of nitrogens with one attached hydrogen (secondary N) is 2. The van der Waals surface area contributed by atoms with Gasteiger partial charge in [-0.15, -0.1) is 12.4 Å². The fourth-order valence-corrected chi connectivity index (χ4v) is 3.47. The second-order valence-corrected chi connectivity index (χ2v) is 6.78. The summed E-state index contributed by atoms with van der Waals surface area (Å²) < 4.78 is 2.21. The number of rotatable bonds is 5. The fourth-order valence-electron chi connectivity index (χ4n) is 3.47. The molecule has 5 heteroatoms. The second kappa shape index (κ2) is 9.07. The molecule has 25 heavy (non-hydrogen) atoms. The van der Waals surface area contributed by atoms with Crippen LogP contribution in [0.3, 0.4) is 0 Å². The van der Waals surface area contributed by atoms with E-state index in [1.165, 1.54) is 18.4 Å². The molecule has 2 heterocycles. The van der Waals surface area contributed by atoms with Gasteiger partial charge in [0.2, 0.25) is 0 Å². The van der Waals surface area contributed by atoms with Crippen LogP contribution in [0, 0.1) is 19.8 Å². The third-order valence-corrected chi connectivity index (χ3v) is 4.95. The molecule has 0 aliphatic carbocycles. The smallest absolute Gasteiger partial charge is 0.253 e. The van der Waals surface area contributed by atoms with Crippen LogP contribution in [0.4, 0.5) is 0 Å². The van der Waals surface area contributed by atoms with E-state index in [-0.39, 0.29) is 18.3 Å². The number of aromatic nitrogens is 1. The number of benzene rings is 1. The Hall–Kier alpha value is -1.78. The molecule has 4 nitrogen and oxygen atoms in total. The molecule has 0 bridgehead atoms. The van der Waals surface area contributed by atoms with E-state index in [0.717, 1.165) is 43.1 Å². The molecular weight excluding hydrogens is 334 g/mol. The van der Waals surface area contributed by atoms with Crippen molar-refractivity contribution >= 4 is 18.3 Å². The van der Waals surface area contributed by atoms with Crippen molar-refractivity contribution in [3.63, 3.8) is 0 Å². The van der Waals surface area contributed by atoms with E-state index in [4.69, 9.17) is 0 Å². The molecule has 1 fully saturated rings. The van der Waals surface area contributed by atoms with Crippen LogP contribution in [-0.2, 0) is 6.54 Å². The molecule has 3 rings (SSSR count). The Morgan fingerprint density at radius 2 is 2.04 bits per heavy atom. The summed E-state index contributed by atoms with van der Waals surface area (Å²) in [4.78, 5) is 12.6. The van der Waals surface area contributed by atoms with Crippen LogP contribution in [0.5, 0.6) is 0 Å². The number of carbonyl (C=O) groups excluding carboxylic acids is 1. The van der Waals surface area contributed by atoms with E-state index in [1.807, 2.05) is 19.1 Å². The fraction of sp³-hybridized carbons (Fsp3) is 0.450.